The summed E-state index contributed by atoms with van der Waals surface area (Å²) in [6.45, 7) is 6.74. The third-order valence-electron chi connectivity index (χ3n) is 5.69. The average molecular weight is 426 g/mol. The van der Waals surface area contributed by atoms with Gasteiger partial charge in [0.1, 0.15) is 5.69 Å². The van der Waals surface area contributed by atoms with Crippen LogP contribution in [0.25, 0.3) is 0 Å². The number of fused-ring (bicyclic) bond motifs is 2. The van der Waals surface area contributed by atoms with Gasteiger partial charge in [-0.1, -0.05) is 0 Å². The second-order valence-electron chi connectivity index (χ2n) is 9.33. The number of hydrogen-bond acceptors (Lipinski definition) is 4. The number of aromatic nitrogens is 1. The fourth-order valence-electron chi connectivity index (χ4n) is 4.47. The highest BCUT2D eigenvalue weighted by Crippen LogP contribution is 2.38. The van der Waals surface area contributed by atoms with E-state index >= 15 is 0 Å². The molecule has 1 aromatic rings. The molecule has 1 unspecified atom stereocenters. The Morgan fingerprint density at radius 1 is 1.13 bits per heavy atom. The van der Waals surface area contributed by atoms with Crippen molar-refractivity contribution >= 4 is 11.8 Å². The van der Waals surface area contributed by atoms with Crippen molar-refractivity contribution in [3.8, 4) is 0 Å². The van der Waals surface area contributed by atoms with Gasteiger partial charge >= 0.3 is 6.18 Å². The first kappa shape index (κ1) is 22.5. The SMILES string of the molecule is CC(C)(C)NC(=O)CN1[C@@H]2CC[C@H]1CC(CNC(=O)c1ccc(C(F)(F)F)nc1)C2. The van der Waals surface area contributed by atoms with E-state index in [2.05, 4.69) is 20.5 Å². The van der Waals surface area contributed by atoms with E-state index in [-0.39, 0.29) is 22.9 Å². The molecule has 2 fully saturated rings. The predicted molar refractivity (Wildman–Crippen MR) is 106 cm³/mol. The summed E-state index contributed by atoms with van der Waals surface area (Å²) in [5.41, 5.74) is -1.16. The van der Waals surface area contributed by atoms with Crippen molar-refractivity contribution in [2.75, 3.05) is 13.1 Å². The maximum absolute atomic E-state index is 12.6. The molecule has 1 aromatic heterocycles. The van der Waals surface area contributed by atoms with Crippen LogP contribution in [0.2, 0.25) is 0 Å². The largest absolute Gasteiger partial charge is 0.433 e. The van der Waals surface area contributed by atoms with E-state index in [1.807, 2.05) is 20.8 Å². The van der Waals surface area contributed by atoms with Crippen molar-refractivity contribution in [2.24, 2.45) is 5.92 Å². The third kappa shape index (κ3) is 5.71. The lowest BCUT2D eigenvalue weighted by Crippen LogP contribution is -2.52. The summed E-state index contributed by atoms with van der Waals surface area (Å²) >= 11 is 0. The molecule has 2 aliphatic heterocycles. The zero-order valence-electron chi connectivity index (χ0n) is 17.6. The third-order valence-corrected chi connectivity index (χ3v) is 5.69. The fraction of sp³-hybridized carbons (Fsp3) is 0.667. The summed E-state index contributed by atoms with van der Waals surface area (Å²) in [7, 11) is 0. The van der Waals surface area contributed by atoms with E-state index in [1.54, 1.807) is 0 Å². The van der Waals surface area contributed by atoms with Gasteiger partial charge in [0.15, 0.2) is 0 Å². The van der Waals surface area contributed by atoms with E-state index in [4.69, 9.17) is 0 Å². The number of piperidine rings is 1. The highest BCUT2D eigenvalue weighted by Gasteiger charge is 2.41. The summed E-state index contributed by atoms with van der Waals surface area (Å²) in [5, 5.41) is 5.83. The molecule has 0 aromatic carbocycles. The first-order valence-corrected chi connectivity index (χ1v) is 10.3. The van der Waals surface area contributed by atoms with Crippen molar-refractivity contribution in [3.63, 3.8) is 0 Å². The Morgan fingerprint density at radius 3 is 2.27 bits per heavy atom. The first-order valence-electron chi connectivity index (χ1n) is 10.3. The first-order chi connectivity index (χ1) is 13.9. The van der Waals surface area contributed by atoms with Crippen molar-refractivity contribution in [1.82, 2.24) is 20.5 Å². The number of alkyl halides is 3. The fourth-order valence-corrected chi connectivity index (χ4v) is 4.47. The van der Waals surface area contributed by atoms with Gasteiger partial charge in [0.2, 0.25) is 5.91 Å². The van der Waals surface area contributed by atoms with Crippen LogP contribution >= 0.6 is 0 Å². The highest BCUT2D eigenvalue weighted by atomic mass is 19.4. The maximum Gasteiger partial charge on any atom is 0.433 e. The van der Waals surface area contributed by atoms with Crippen LogP contribution in [0.3, 0.4) is 0 Å². The minimum absolute atomic E-state index is 0.0287. The van der Waals surface area contributed by atoms with E-state index in [0.29, 0.717) is 25.2 Å². The van der Waals surface area contributed by atoms with Crippen LogP contribution in [0.15, 0.2) is 18.3 Å². The smallest absolute Gasteiger partial charge is 0.352 e. The molecule has 166 valence electrons. The van der Waals surface area contributed by atoms with Gasteiger partial charge in [-0.2, -0.15) is 13.2 Å². The van der Waals surface area contributed by atoms with Crippen molar-refractivity contribution < 1.29 is 22.8 Å². The minimum Gasteiger partial charge on any atom is -0.352 e. The van der Waals surface area contributed by atoms with Crippen LogP contribution in [0.4, 0.5) is 13.2 Å². The number of nitrogens with one attached hydrogen (secondary N) is 2. The van der Waals surface area contributed by atoms with Crippen LogP contribution < -0.4 is 10.6 Å². The topological polar surface area (TPSA) is 74.3 Å². The molecule has 3 rings (SSSR count). The molecule has 30 heavy (non-hydrogen) atoms. The Labute approximate surface area is 174 Å². The lowest BCUT2D eigenvalue weighted by atomic mass is 9.90. The number of rotatable bonds is 5. The highest BCUT2D eigenvalue weighted by molar-refractivity contribution is 5.93. The number of amides is 2. The Balaban J connectivity index is 1.49. The van der Waals surface area contributed by atoms with Gasteiger partial charge in [-0.05, 0) is 64.5 Å². The predicted octanol–water partition coefficient (Wildman–Crippen LogP) is 2.99. The monoisotopic (exact) mass is 426 g/mol. The second kappa shape index (κ2) is 8.53. The van der Waals surface area contributed by atoms with E-state index in [0.717, 1.165) is 44.0 Å². The minimum atomic E-state index is -4.52. The van der Waals surface area contributed by atoms with Gasteiger partial charge in [-0.3, -0.25) is 19.5 Å². The molecule has 0 spiro atoms. The average Bonchev–Trinajstić information content (AvgIpc) is 2.86. The molecule has 3 atom stereocenters. The van der Waals surface area contributed by atoms with E-state index < -0.39 is 17.8 Å². The molecule has 0 saturated carbocycles. The molecule has 0 aliphatic carbocycles. The maximum atomic E-state index is 12.6. The molecule has 2 N–H and O–H groups in total. The lowest BCUT2D eigenvalue weighted by molar-refractivity contribution is -0.141. The summed E-state index contributed by atoms with van der Waals surface area (Å²) in [5.74, 6) is -0.104. The van der Waals surface area contributed by atoms with Gasteiger partial charge < -0.3 is 10.6 Å². The van der Waals surface area contributed by atoms with Gasteiger partial charge in [0.25, 0.3) is 5.91 Å². The van der Waals surface area contributed by atoms with E-state index in [1.165, 1.54) is 0 Å². The summed E-state index contributed by atoms with van der Waals surface area (Å²) in [4.78, 5) is 30.2. The van der Waals surface area contributed by atoms with Gasteiger partial charge in [-0.15, -0.1) is 0 Å². The zero-order chi connectivity index (χ0) is 22.1. The molecule has 2 aliphatic rings. The van der Waals surface area contributed by atoms with Crippen LogP contribution in [-0.2, 0) is 11.0 Å². The van der Waals surface area contributed by atoms with Crippen molar-refractivity contribution in [1.29, 1.82) is 0 Å². The van der Waals surface area contributed by atoms with Crippen LogP contribution in [-0.4, -0.2) is 52.4 Å². The molecule has 2 bridgehead atoms. The van der Waals surface area contributed by atoms with Gasteiger partial charge in [-0.25, -0.2) is 0 Å². The Kier molecular flexibility index (Phi) is 6.40. The zero-order valence-corrected chi connectivity index (χ0v) is 17.6. The number of halogens is 3. The molecule has 2 saturated heterocycles. The molecular weight excluding hydrogens is 397 g/mol. The Hall–Kier alpha value is -2.16. The number of nitrogens with zero attached hydrogens (tertiary/aromatic N) is 2. The Morgan fingerprint density at radius 2 is 1.77 bits per heavy atom. The quantitative estimate of drug-likeness (QED) is 0.759. The van der Waals surface area contributed by atoms with Crippen LogP contribution in [0.5, 0.6) is 0 Å². The second-order valence-corrected chi connectivity index (χ2v) is 9.33. The normalized spacial score (nSPS) is 24.5. The summed E-state index contributed by atoms with van der Waals surface area (Å²) < 4.78 is 37.8. The lowest BCUT2D eigenvalue weighted by Gasteiger charge is -2.39. The number of pyridine rings is 1. The molecule has 3 heterocycles. The van der Waals surface area contributed by atoms with Gasteiger partial charge in [0.05, 0.1) is 12.1 Å². The Bertz CT molecular complexity index is 760. The number of hydrogen-bond donors (Lipinski definition) is 2. The summed E-state index contributed by atoms with van der Waals surface area (Å²) in [6, 6.07) is 2.61. The van der Waals surface area contributed by atoms with Crippen LogP contribution in [0, 0.1) is 5.92 Å². The van der Waals surface area contributed by atoms with E-state index in [9.17, 15) is 22.8 Å². The van der Waals surface area contributed by atoms with Crippen molar-refractivity contribution in [2.45, 2.75) is 70.3 Å². The summed E-state index contributed by atoms with van der Waals surface area (Å²) in [6.07, 6.45) is 0.307. The number of carbonyl (C=O) groups is 2. The standard InChI is InChI=1S/C21H29F3N4O2/c1-20(2,3)27-18(29)12-28-15-5-6-16(28)9-13(8-15)10-26-19(30)14-4-7-17(25-11-14)21(22,23)24/h4,7,11,13,15-16H,5-6,8-10,12H2,1-3H3,(H,26,30)(H,27,29)/t13?,15-,16+. The van der Waals surface area contributed by atoms with Gasteiger partial charge in [0, 0.05) is 30.4 Å². The molecule has 6 nitrogen and oxygen atoms in total. The molecule has 9 heteroatoms. The molecule has 2 amide bonds. The molecule has 0 radical (unpaired) electrons. The van der Waals surface area contributed by atoms with Crippen molar-refractivity contribution in [3.05, 3.63) is 29.6 Å². The van der Waals surface area contributed by atoms with Crippen LogP contribution in [0.1, 0.15) is 62.5 Å². The number of carbonyl (C=O) groups excluding carboxylic acids is 2. The molecular formula is C21H29F3N4O2.